The maximum absolute atomic E-state index is 11.1. The number of nitrogens with zero attached hydrogens (tertiary/aromatic N) is 4. The number of carbonyl (C=O) groups is 1. The molecule has 3 rings (SSSR count). The summed E-state index contributed by atoms with van der Waals surface area (Å²) in [6.07, 6.45) is 3.23. The van der Waals surface area contributed by atoms with Crippen LogP contribution in [0.4, 0.5) is 16.3 Å². The van der Waals surface area contributed by atoms with E-state index in [0.717, 1.165) is 54.8 Å². The summed E-state index contributed by atoms with van der Waals surface area (Å²) in [5.41, 5.74) is 7.93. The lowest BCUT2D eigenvalue weighted by Gasteiger charge is -2.17. The smallest absolute Gasteiger partial charge is 0.404 e. The van der Waals surface area contributed by atoms with Crippen LogP contribution in [0.15, 0.2) is 18.3 Å². The third kappa shape index (κ3) is 6.27. The van der Waals surface area contributed by atoms with Crippen LogP contribution in [0.2, 0.25) is 25.7 Å². The second kappa shape index (κ2) is 9.56. The Balaban J connectivity index is 1.74. The lowest BCUT2D eigenvalue weighted by molar-refractivity contribution is 0.0753. The van der Waals surface area contributed by atoms with Gasteiger partial charge in [-0.05, 0) is 38.3 Å². The van der Waals surface area contributed by atoms with Crippen LogP contribution in [0, 0.1) is 6.92 Å². The molecule has 1 aliphatic carbocycles. The number of carbonyl (C=O) groups excluding carboxylic acids is 1. The van der Waals surface area contributed by atoms with Gasteiger partial charge in [0.2, 0.25) is 0 Å². The summed E-state index contributed by atoms with van der Waals surface area (Å²) < 4.78 is 13.1. The molecule has 0 bridgehead atoms. The fourth-order valence-electron chi connectivity index (χ4n) is 3.61. The molecule has 1 aliphatic rings. The third-order valence-electron chi connectivity index (χ3n) is 5.27. The molecule has 0 saturated heterocycles. The van der Waals surface area contributed by atoms with Gasteiger partial charge in [0.1, 0.15) is 12.8 Å². The molecule has 1 unspecified atom stereocenters. The zero-order valence-electron chi connectivity index (χ0n) is 18.2. The fourth-order valence-corrected chi connectivity index (χ4v) is 4.36. The normalized spacial score (nSPS) is 19.1. The van der Waals surface area contributed by atoms with Gasteiger partial charge in [-0.15, -0.1) is 0 Å². The van der Waals surface area contributed by atoms with Crippen LogP contribution < -0.4 is 11.1 Å². The Kier molecular flexibility index (Phi) is 7.09. The molecule has 1 saturated carbocycles. The van der Waals surface area contributed by atoms with Gasteiger partial charge in [-0.1, -0.05) is 19.6 Å². The highest BCUT2D eigenvalue weighted by Gasteiger charge is 2.31. The lowest BCUT2D eigenvalue weighted by atomic mass is 10.0. The highest BCUT2D eigenvalue weighted by atomic mass is 28.3. The largest absolute Gasteiger partial charge is 0.446 e. The van der Waals surface area contributed by atoms with Gasteiger partial charge in [-0.25, -0.2) is 9.48 Å². The molecule has 30 heavy (non-hydrogen) atoms. The van der Waals surface area contributed by atoms with Crippen molar-refractivity contribution in [1.82, 2.24) is 20.0 Å². The van der Waals surface area contributed by atoms with Crippen molar-refractivity contribution in [2.45, 2.75) is 70.6 Å². The van der Waals surface area contributed by atoms with E-state index in [1.807, 2.05) is 23.7 Å². The molecule has 0 spiro atoms. The number of ether oxygens (including phenoxy) is 2. The number of aromatic nitrogens is 4. The monoisotopic (exact) mass is 432 g/mol. The summed E-state index contributed by atoms with van der Waals surface area (Å²) in [6, 6.07) is 5.02. The number of hydrogen-bond acceptors (Lipinski definition) is 7. The van der Waals surface area contributed by atoms with Crippen LogP contribution in [-0.2, 0) is 16.2 Å². The van der Waals surface area contributed by atoms with E-state index in [4.69, 9.17) is 20.3 Å². The second-order valence-corrected chi connectivity index (χ2v) is 14.6. The first-order chi connectivity index (χ1) is 14.2. The molecule has 2 heterocycles. The van der Waals surface area contributed by atoms with Crippen LogP contribution >= 0.6 is 0 Å². The van der Waals surface area contributed by atoms with E-state index in [-0.39, 0.29) is 12.0 Å². The lowest BCUT2D eigenvalue weighted by Crippen LogP contribution is -2.22. The topological polar surface area (TPSA) is 117 Å². The first kappa shape index (κ1) is 22.2. The Morgan fingerprint density at radius 1 is 1.37 bits per heavy atom. The number of rotatable bonds is 9. The number of nitrogens with one attached hydrogen (secondary N) is 1. The maximum Gasteiger partial charge on any atom is 0.404 e. The summed E-state index contributed by atoms with van der Waals surface area (Å²) in [4.78, 5) is 11.1. The van der Waals surface area contributed by atoms with Crippen molar-refractivity contribution in [3.8, 4) is 0 Å². The molecule has 9 nitrogen and oxygen atoms in total. The number of hydrogen-bond donors (Lipinski definition) is 2. The molecule has 1 fully saturated rings. The molecule has 2 aromatic heterocycles. The van der Waals surface area contributed by atoms with Gasteiger partial charge >= 0.3 is 6.09 Å². The maximum atomic E-state index is 11.1. The van der Waals surface area contributed by atoms with E-state index >= 15 is 0 Å². The van der Waals surface area contributed by atoms with Gasteiger partial charge in [-0.2, -0.15) is 15.3 Å². The minimum absolute atomic E-state index is 0.147. The average molecular weight is 433 g/mol. The summed E-state index contributed by atoms with van der Waals surface area (Å²) in [7, 11) is -1.15. The molecule has 3 N–H and O–H groups in total. The van der Waals surface area contributed by atoms with Gasteiger partial charge in [-0.3, -0.25) is 0 Å². The third-order valence-corrected chi connectivity index (χ3v) is 6.98. The minimum Gasteiger partial charge on any atom is -0.446 e. The van der Waals surface area contributed by atoms with Gasteiger partial charge < -0.3 is 20.5 Å². The van der Waals surface area contributed by atoms with Crippen molar-refractivity contribution in [2.75, 3.05) is 11.9 Å². The van der Waals surface area contributed by atoms with Crippen molar-refractivity contribution < 1.29 is 14.3 Å². The van der Waals surface area contributed by atoms with E-state index in [1.54, 1.807) is 6.20 Å². The standard InChI is InChI=1S/C20H32N6O3Si/c1-14-17(7-8-22-24-14)23-19-12-18(15-5-6-16(11-15)29-20(21)27)26(25-19)13-28-9-10-30(2,3)4/h7-8,12,15-16H,5-6,9-11,13H2,1-4H3,(H2,21,27)(H,22,23,25)/t15?,16-/m0/s1. The molecule has 2 aromatic rings. The number of nitrogens with two attached hydrogens (primary N) is 1. The molecule has 164 valence electrons. The summed E-state index contributed by atoms with van der Waals surface area (Å²) in [6.45, 7) is 10.0. The molecular weight excluding hydrogens is 400 g/mol. The Bertz CT molecular complexity index is 866. The molecule has 0 radical (unpaired) electrons. The van der Waals surface area contributed by atoms with E-state index in [0.29, 0.717) is 6.73 Å². The van der Waals surface area contributed by atoms with Gasteiger partial charge in [0, 0.05) is 32.4 Å². The highest BCUT2D eigenvalue weighted by molar-refractivity contribution is 6.76. The molecule has 0 aliphatic heterocycles. The fraction of sp³-hybridized carbons (Fsp3) is 0.600. The molecule has 1 amide bonds. The predicted molar refractivity (Wildman–Crippen MR) is 117 cm³/mol. The summed E-state index contributed by atoms with van der Waals surface area (Å²) >= 11 is 0. The van der Waals surface area contributed by atoms with Crippen molar-refractivity contribution in [3.63, 3.8) is 0 Å². The number of anilines is 2. The predicted octanol–water partition coefficient (Wildman–Crippen LogP) is 3.77. The van der Waals surface area contributed by atoms with Gasteiger partial charge in [0.15, 0.2) is 5.82 Å². The summed E-state index contributed by atoms with van der Waals surface area (Å²) in [5.74, 6) is 0.962. The van der Waals surface area contributed by atoms with Gasteiger partial charge in [0.25, 0.3) is 0 Å². The SMILES string of the molecule is Cc1nnccc1Nc1cc(C2CC[C@H](OC(N)=O)C2)n(COCC[Si](C)(C)C)n1. The Labute approximate surface area is 178 Å². The zero-order chi connectivity index (χ0) is 21.7. The van der Waals surface area contributed by atoms with Crippen molar-refractivity contribution in [2.24, 2.45) is 5.73 Å². The summed E-state index contributed by atoms with van der Waals surface area (Å²) in [5, 5.41) is 16.0. The van der Waals surface area contributed by atoms with Crippen molar-refractivity contribution in [3.05, 3.63) is 29.7 Å². The zero-order valence-corrected chi connectivity index (χ0v) is 19.2. The quantitative estimate of drug-likeness (QED) is 0.457. The van der Waals surface area contributed by atoms with Crippen LogP contribution in [0.5, 0.6) is 0 Å². The number of aryl methyl sites for hydroxylation is 1. The Hall–Kier alpha value is -2.46. The van der Waals surface area contributed by atoms with E-state index in [1.165, 1.54) is 0 Å². The van der Waals surface area contributed by atoms with Crippen molar-refractivity contribution in [1.29, 1.82) is 0 Å². The van der Waals surface area contributed by atoms with E-state index < -0.39 is 14.2 Å². The molecule has 0 aromatic carbocycles. The Morgan fingerprint density at radius 2 is 2.17 bits per heavy atom. The highest BCUT2D eigenvalue weighted by Crippen LogP contribution is 2.37. The molecular formula is C20H32N6O3Si. The van der Waals surface area contributed by atoms with Crippen LogP contribution in [0.1, 0.15) is 36.6 Å². The van der Waals surface area contributed by atoms with Crippen LogP contribution in [0.25, 0.3) is 0 Å². The van der Waals surface area contributed by atoms with E-state index in [9.17, 15) is 4.79 Å². The number of amides is 1. The molecule has 10 heteroatoms. The second-order valence-electron chi connectivity index (χ2n) is 9.03. The van der Waals surface area contributed by atoms with E-state index in [2.05, 4.69) is 35.2 Å². The first-order valence-corrected chi connectivity index (χ1v) is 14.1. The van der Waals surface area contributed by atoms with Crippen LogP contribution in [-0.4, -0.2) is 46.9 Å². The van der Waals surface area contributed by atoms with Crippen LogP contribution in [0.3, 0.4) is 0 Å². The van der Waals surface area contributed by atoms with Crippen molar-refractivity contribution >= 4 is 25.7 Å². The number of primary amides is 1. The minimum atomic E-state index is -1.15. The average Bonchev–Trinajstić information content (AvgIpc) is 3.26. The Morgan fingerprint density at radius 3 is 2.87 bits per heavy atom. The first-order valence-electron chi connectivity index (χ1n) is 10.4. The molecule has 2 atom stereocenters. The van der Waals surface area contributed by atoms with Gasteiger partial charge in [0.05, 0.1) is 17.6 Å².